The molecule has 0 spiro atoms. The van der Waals surface area contributed by atoms with Gasteiger partial charge in [0.25, 0.3) is 5.91 Å². The van der Waals surface area contributed by atoms with Crippen LogP contribution >= 0.6 is 11.6 Å². The number of halogens is 1. The monoisotopic (exact) mass is 352 g/mol. The number of amides is 2. The SMILES string of the molecule is CCC(C)C(NC(=O)c1ccc(Cl)cc1)C(=O)NCC1CCCO1. The van der Waals surface area contributed by atoms with Gasteiger partial charge >= 0.3 is 0 Å². The van der Waals surface area contributed by atoms with Crippen LogP contribution in [0.2, 0.25) is 5.02 Å². The minimum absolute atomic E-state index is 0.0331. The lowest BCUT2D eigenvalue weighted by Gasteiger charge is -2.24. The summed E-state index contributed by atoms with van der Waals surface area (Å²) in [5.74, 6) is -0.405. The van der Waals surface area contributed by atoms with E-state index in [-0.39, 0.29) is 23.8 Å². The highest BCUT2D eigenvalue weighted by atomic mass is 35.5. The summed E-state index contributed by atoms with van der Waals surface area (Å²) >= 11 is 5.84. The Balaban J connectivity index is 1.97. The first-order valence-electron chi connectivity index (χ1n) is 8.47. The van der Waals surface area contributed by atoms with Crippen molar-refractivity contribution in [1.82, 2.24) is 10.6 Å². The number of hydrogen-bond acceptors (Lipinski definition) is 3. The number of nitrogens with one attached hydrogen (secondary N) is 2. The lowest BCUT2D eigenvalue weighted by atomic mass is 9.97. The third-order valence-electron chi connectivity index (χ3n) is 4.42. The molecule has 132 valence electrons. The van der Waals surface area contributed by atoms with Gasteiger partial charge in [-0.1, -0.05) is 31.9 Å². The van der Waals surface area contributed by atoms with Crippen molar-refractivity contribution in [1.29, 1.82) is 0 Å². The van der Waals surface area contributed by atoms with Gasteiger partial charge in [-0.2, -0.15) is 0 Å². The number of carbonyl (C=O) groups is 2. The molecule has 0 aromatic heterocycles. The third kappa shape index (κ3) is 5.21. The summed E-state index contributed by atoms with van der Waals surface area (Å²) < 4.78 is 5.52. The van der Waals surface area contributed by atoms with Crippen LogP contribution in [0, 0.1) is 5.92 Å². The Bertz CT molecular complexity index is 556. The van der Waals surface area contributed by atoms with E-state index in [2.05, 4.69) is 10.6 Å². The minimum Gasteiger partial charge on any atom is -0.376 e. The summed E-state index contributed by atoms with van der Waals surface area (Å²) in [6.07, 6.45) is 2.87. The third-order valence-corrected chi connectivity index (χ3v) is 4.67. The van der Waals surface area contributed by atoms with E-state index in [1.165, 1.54) is 0 Å². The average Bonchev–Trinajstić information content (AvgIpc) is 3.10. The molecule has 1 fully saturated rings. The van der Waals surface area contributed by atoms with Crippen molar-refractivity contribution in [3.05, 3.63) is 34.9 Å². The summed E-state index contributed by atoms with van der Waals surface area (Å²) in [5.41, 5.74) is 0.486. The Morgan fingerprint density at radius 2 is 2.04 bits per heavy atom. The Morgan fingerprint density at radius 3 is 2.62 bits per heavy atom. The molecule has 2 amide bonds. The van der Waals surface area contributed by atoms with Crippen LogP contribution in [0.3, 0.4) is 0 Å². The maximum atomic E-state index is 12.5. The van der Waals surface area contributed by atoms with Crippen molar-refractivity contribution in [2.75, 3.05) is 13.2 Å². The Labute approximate surface area is 148 Å². The fourth-order valence-corrected chi connectivity index (χ4v) is 2.78. The lowest BCUT2D eigenvalue weighted by molar-refractivity contribution is -0.124. The predicted molar refractivity (Wildman–Crippen MR) is 94.1 cm³/mol. The summed E-state index contributed by atoms with van der Waals surface area (Å²) in [7, 11) is 0. The summed E-state index contributed by atoms with van der Waals surface area (Å²) in [6, 6.07) is 6.04. The number of rotatable bonds is 7. The fourth-order valence-electron chi connectivity index (χ4n) is 2.66. The van der Waals surface area contributed by atoms with Gasteiger partial charge in [0.1, 0.15) is 6.04 Å². The highest BCUT2D eigenvalue weighted by molar-refractivity contribution is 6.30. The minimum atomic E-state index is -0.570. The normalized spacial score (nSPS) is 19.5. The van der Waals surface area contributed by atoms with Gasteiger partial charge in [0.05, 0.1) is 6.10 Å². The van der Waals surface area contributed by atoms with Gasteiger partial charge in [0.15, 0.2) is 0 Å². The quantitative estimate of drug-likeness (QED) is 0.793. The molecule has 3 unspecified atom stereocenters. The average molecular weight is 353 g/mol. The molecule has 6 heteroatoms. The maximum Gasteiger partial charge on any atom is 0.251 e. The number of benzene rings is 1. The smallest absolute Gasteiger partial charge is 0.251 e. The van der Waals surface area contributed by atoms with Gasteiger partial charge < -0.3 is 15.4 Å². The van der Waals surface area contributed by atoms with E-state index in [1.807, 2.05) is 13.8 Å². The highest BCUT2D eigenvalue weighted by Crippen LogP contribution is 2.13. The fraction of sp³-hybridized carbons (Fsp3) is 0.556. The van der Waals surface area contributed by atoms with Crippen LogP contribution < -0.4 is 10.6 Å². The standard InChI is InChI=1S/C18H25ClN2O3/c1-3-12(2)16(18(23)20-11-15-5-4-10-24-15)21-17(22)13-6-8-14(19)9-7-13/h6-9,12,15-16H,3-5,10-11H2,1-2H3,(H,20,23)(H,21,22). The van der Waals surface area contributed by atoms with Crippen LogP contribution in [0.15, 0.2) is 24.3 Å². The molecular formula is C18H25ClN2O3. The van der Waals surface area contributed by atoms with Crippen LogP contribution in [0.4, 0.5) is 0 Å². The number of hydrogen-bond donors (Lipinski definition) is 2. The zero-order valence-electron chi connectivity index (χ0n) is 14.2. The molecule has 1 aliphatic rings. The van der Waals surface area contributed by atoms with Gasteiger partial charge in [-0.05, 0) is 43.0 Å². The van der Waals surface area contributed by atoms with Gasteiger partial charge in [0, 0.05) is 23.7 Å². The lowest BCUT2D eigenvalue weighted by Crippen LogP contribution is -2.51. The number of carbonyl (C=O) groups excluding carboxylic acids is 2. The van der Waals surface area contributed by atoms with Gasteiger partial charge in [-0.3, -0.25) is 9.59 Å². The molecule has 2 N–H and O–H groups in total. The molecule has 1 aromatic rings. The largest absolute Gasteiger partial charge is 0.376 e. The Kier molecular flexibility index (Phi) is 7.06. The molecule has 24 heavy (non-hydrogen) atoms. The van der Waals surface area contributed by atoms with Crippen LogP contribution in [0.5, 0.6) is 0 Å². The van der Waals surface area contributed by atoms with Crippen LogP contribution in [-0.2, 0) is 9.53 Å². The molecule has 1 heterocycles. The van der Waals surface area contributed by atoms with Crippen molar-refractivity contribution in [2.24, 2.45) is 5.92 Å². The first-order valence-corrected chi connectivity index (χ1v) is 8.84. The van der Waals surface area contributed by atoms with Crippen LogP contribution in [-0.4, -0.2) is 37.1 Å². The zero-order valence-corrected chi connectivity index (χ0v) is 14.9. The van der Waals surface area contributed by atoms with E-state index >= 15 is 0 Å². The van der Waals surface area contributed by atoms with Gasteiger partial charge in [-0.25, -0.2) is 0 Å². The molecular weight excluding hydrogens is 328 g/mol. The second-order valence-electron chi connectivity index (χ2n) is 6.22. The Morgan fingerprint density at radius 1 is 1.33 bits per heavy atom. The molecule has 3 atom stereocenters. The molecule has 0 aliphatic carbocycles. The molecule has 0 radical (unpaired) electrons. The topological polar surface area (TPSA) is 67.4 Å². The van der Waals surface area contributed by atoms with E-state index < -0.39 is 6.04 Å². The molecule has 1 saturated heterocycles. The Hall–Kier alpha value is -1.59. The van der Waals surface area contributed by atoms with Crippen LogP contribution in [0.25, 0.3) is 0 Å². The molecule has 0 saturated carbocycles. The van der Waals surface area contributed by atoms with E-state index in [0.717, 1.165) is 25.9 Å². The molecule has 2 rings (SSSR count). The maximum absolute atomic E-state index is 12.5. The van der Waals surface area contributed by atoms with Gasteiger partial charge in [0.2, 0.25) is 5.91 Å². The summed E-state index contributed by atoms with van der Waals surface area (Å²) in [5, 5.41) is 6.32. The van der Waals surface area contributed by atoms with Crippen molar-refractivity contribution in [2.45, 2.75) is 45.3 Å². The zero-order chi connectivity index (χ0) is 17.5. The highest BCUT2D eigenvalue weighted by Gasteiger charge is 2.27. The number of ether oxygens (including phenoxy) is 1. The van der Waals surface area contributed by atoms with E-state index in [4.69, 9.17) is 16.3 Å². The molecule has 0 bridgehead atoms. The summed E-state index contributed by atoms with van der Waals surface area (Å²) in [6.45, 7) is 5.20. The van der Waals surface area contributed by atoms with E-state index in [0.29, 0.717) is 17.1 Å². The first-order chi connectivity index (χ1) is 11.5. The second-order valence-corrected chi connectivity index (χ2v) is 6.66. The van der Waals surface area contributed by atoms with Crippen molar-refractivity contribution in [3.63, 3.8) is 0 Å². The predicted octanol–water partition coefficient (Wildman–Crippen LogP) is 2.78. The van der Waals surface area contributed by atoms with Crippen LogP contribution in [0.1, 0.15) is 43.5 Å². The van der Waals surface area contributed by atoms with Gasteiger partial charge in [-0.15, -0.1) is 0 Å². The van der Waals surface area contributed by atoms with Crippen molar-refractivity contribution >= 4 is 23.4 Å². The molecule has 1 aliphatic heterocycles. The van der Waals surface area contributed by atoms with Crippen molar-refractivity contribution < 1.29 is 14.3 Å². The summed E-state index contributed by atoms with van der Waals surface area (Å²) in [4.78, 5) is 24.9. The molecule has 1 aromatic carbocycles. The molecule has 5 nitrogen and oxygen atoms in total. The first kappa shape index (κ1) is 18.7. The van der Waals surface area contributed by atoms with E-state index in [9.17, 15) is 9.59 Å². The van der Waals surface area contributed by atoms with E-state index in [1.54, 1.807) is 24.3 Å². The second kappa shape index (κ2) is 9.04. The van der Waals surface area contributed by atoms with Crippen molar-refractivity contribution in [3.8, 4) is 0 Å².